The average molecular weight is 321 g/mol. The smallest absolute Gasteiger partial charge is 0.242 e. The van der Waals surface area contributed by atoms with Gasteiger partial charge in [-0.05, 0) is 34.8 Å². The Hall–Kier alpha value is -0.500. The van der Waals surface area contributed by atoms with E-state index in [0.29, 0.717) is 17.7 Å². The second-order valence-electron chi connectivity index (χ2n) is 3.87. The van der Waals surface area contributed by atoms with Crippen LogP contribution in [0.3, 0.4) is 0 Å². The van der Waals surface area contributed by atoms with Gasteiger partial charge in [0.2, 0.25) is 10.0 Å². The summed E-state index contributed by atoms with van der Waals surface area (Å²) in [5.74, 6) is 0. The van der Waals surface area contributed by atoms with E-state index in [-0.39, 0.29) is 10.9 Å². The summed E-state index contributed by atoms with van der Waals surface area (Å²) in [5, 5.41) is 0. The number of nitrogens with zero attached hydrogens (tertiary/aromatic N) is 1. The molecule has 0 amide bonds. The van der Waals surface area contributed by atoms with Crippen LogP contribution in [0.15, 0.2) is 27.8 Å². The molecule has 0 spiro atoms. The standard InChI is InChI=1S/C10H13BrN2O3S/c11-8-4-10(6-12-5-8)17(14,15)13-9-2-1-3-16-7-9/h4-6,9,13H,1-3,7H2. The molecule has 1 saturated heterocycles. The van der Waals surface area contributed by atoms with Crippen LogP contribution < -0.4 is 4.72 Å². The maximum Gasteiger partial charge on any atom is 0.242 e. The van der Waals surface area contributed by atoms with Crippen LogP contribution in [0.25, 0.3) is 0 Å². The first-order chi connectivity index (χ1) is 8.08. The highest BCUT2D eigenvalue weighted by molar-refractivity contribution is 9.10. The second-order valence-corrected chi connectivity index (χ2v) is 6.50. The predicted molar refractivity (Wildman–Crippen MR) is 66.1 cm³/mol. The molecular weight excluding hydrogens is 308 g/mol. The first-order valence-electron chi connectivity index (χ1n) is 5.28. The number of nitrogens with one attached hydrogen (secondary N) is 1. The number of aromatic nitrogens is 1. The molecule has 0 aromatic carbocycles. The summed E-state index contributed by atoms with van der Waals surface area (Å²) < 4.78 is 32.6. The van der Waals surface area contributed by atoms with Crippen LogP contribution in [0.5, 0.6) is 0 Å². The van der Waals surface area contributed by atoms with E-state index in [1.807, 2.05) is 0 Å². The summed E-state index contributed by atoms with van der Waals surface area (Å²) in [6.07, 6.45) is 4.56. The minimum Gasteiger partial charge on any atom is -0.380 e. The molecule has 1 aromatic heterocycles. The van der Waals surface area contributed by atoms with E-state index >= 15 is 0 Å². The fourth-order valence-corrected chi connectivity index (χ4v) is 3.42. The van der Waals surface area contributed by atoms with Gasteiger partial charge < -0.3 is 4.74 Å². The van der Waals surface area contributed by atoms with Crippen LogP contribution >= 0.6 is 15.9 Å². The van der Waals surface area contributed by atoms with Gasteiger partial charge in [0.25, 0.3) is 0 Å². The normalized spacial score (nSPS) is 21.4. The van der Waals surface area contributed by atoms with Crippen molar-refractivity contribution in [2.75, 3.05) is 13.2 Å². The van der Waals surface area contributed by atoms with Gasteiger partial charge >= 0.3 is 0 Å². The van der Waals surface area contributed by atoms with Gasteiger partial charge in [0.1, 0.15) is 4.90 Å². The number of halogens is 1. The van der Waals surface area contributed by atoms with E-state index in [0.717, 1.165) is 12.8 Å². The molecule has 17 heavy (non-hydrogen) atoms. The van der Waals surface area contributed by atoms with E-state index in [2.05, 4.69) is 25.6 Å². The topological polar surface area (TPSA) is 68.3 Å². The lowest BCUT2D eigenvalue weighted by atomic mass is 10.1. The molecule has 5 nitrogen and oxygen atoms in total. The Balaban J connectivity index is 2.13. The molecule has 0 saturated carbocycles. The third-order valence-electron chi connectivity index (χ3n) is 2.47. The third-order valence-corrected chi connectivity index (χ3v) is 4.39. The molecule has 2 rings (SSSR count). The number of pyridine rings is 1. The summed E-state index contributed by atoms with van der Waals surface area (Å²) in [6, 6.07) is 1.38. The number of ether oxygens (including phenoxy) is 1. The van der Waals surface area contributed by atoms with Crippen LogP contribution in [0, 0.1) is 0 Å². The monoisotopic (exact) mass is 320 g/mol. The Morgan fingerprint density at radius 1 is 1.47 bits per heavy atom. The molecule has 7 heteroatoms. The summed E-state index contributed by atoms with van der Waals surface area (Å²) >= 11 is 3.20. The molecule has 1 unspecified atom stereocenters. The Bertz CT molecular complexity index is 486. The van der Waals surface area contributed by atoms with E-state index in [4.69, 9.17) is 4.74 Å². The summed E-state index contributed by atoms with van der Waals surface area (Å²) in [7, 11) is -3.50. The average Bonchev–Trinajstić information content (AvgIpc) is 2.30. The highest BCUT2D eigenvalue weighted by atomic mass is 79.9. The molecule has 1 aromatic rings. The van der Waals surface area contributed by atoms with Crippen molar-refractivity contribution in [3.63, 3.8) is 0 Å². The first-order valence-corrected chi connectivity index (χ1v) is 7.56. The van der Waals surface area contributed by atoms with E-state index in [1.165, 1.54) is 12.3 Å². The summed E-state index contributed by atoms with van der Waals surface area (Å²) in [4.78, 5) is 4.01. The molecule has 94 valence electrons. The van der Waals surface area contributed by atoms with Crippen LogP contribution in [0.1, 0.15) is 12.8 Å². The molecule has 0 radical (unpaired) electrons. The van der Waals surface area contributed by atoms with Crippen LogP contribution in [0.4, 0.5) is 0 Å². The van der Waals surface area contributed by atoms with Gasteiger partial charge in [0.05, 0.1) is 6.61 Å². The number of hydrogen-bond acceptors (Lipinski definition) is 4. The van der Waals surface area contributed by atoms with Gasteiger partial charge in [-0.15, -0.1) is 0 Å². The minimum atomic E-state index is -3.50. The van der Waals surface area contributed by atoms with Crippen molar-refractivity contribution in [1.29, 1.82) is 0 Å². The van der Waals surface area contributed by atoms with Gasteiger partial charge in [-0.25, -0.2) is 13.1 Å². The summed E-state index contributed by atoms with van der Waals surface area (Å²) in [5.41, 5.74) is 0. The molecular formula is C10H13BrN2O3S. The SMILES string of the molecule is O=S(=O)(NC1CCCOC1)c1cncc(Br)c1. The number of hydrogen-bond donors (Lipinski definition) is 1. The molecule has 1 N–H and O–H groups in total. The van der Waals surface area contributed by atoms with Gasteiger partial charge in [-0.1, -0.05) is 0 Å². The predicted octanol–water partition coefficient (Wildman–Crippen LogP) is 1.30. The third kappa shape index (κ3) is 3.48. The molecule has 1 aliphatic rings. The number of sulfonamides is 1. The van der Waals surface area contributed by atoms with Crippen molar-refractivity contribution in [3.05, 3.63) is 22.9 Å². The second kappa shape index (κ2) is 5.43. The van der Waals surface area contributed by atoms with Crippen molar-refractivity contribution in [2.45, 2.75) is 23.8 Å². The molecule has 0 bridgehead atoms. The van der Waals surface area contributed by atoms with Crippen molar-refractivity contribution >= 4 is 26.0 Å². The van der Waals surface area contributed by atoms with Gasteiger partial charge in [-0.3, -0.25) is 4.98 Å². The van der Waals surface area contributed by atoms with Gasteiger partial charge in [0, 0.05) is 29.5 Å². The molecule has 1 aliphatic heterocycles. The Labute approximate surface area is 109 Å². The highest BCUT2D eigenvalue weighted by Crippen LogP contribution is 2.16. The van der Waals surface area contributed by atoms with Crippen molar-refractivity contribution in [1.82, 2.24) is 9.71 Å². The van der Waals surface area contributed by atoms with Crippen molar-refractivity contribution in [2.24, 2.45) is 0 Å². The fourth-order valence-electron chi connectivity index (χ4n) is 1.66. The van der Waals surface area contributed by atoms with Crippen LogP contribution in [-0.4, -0.2) is 32.7 Å². The Morgan fingerprint density at radius 3 is 2.94 bits per heavy atom. The number of rotatable bonds is 3. The molecule has 0 aliphatic carbocycles. The molecule has 1 fully saturated rings. The quantitative estimate of drug-likeness (QED) is 0.911. The fraction of sp³-hybridized carbons (Fsp3) is 0.500. The highest BCUT2D eigenvalue weighted by Gasteiger charge is 2.22. The Kier molecular flexibility index (Phi) is 4.13. The largest absolute Gasteiger partial charge is 0.380 e. The lowest BCUT2D eigenvalue weighted by Crippen LogP contribution is -2.40. The van der Waals surface area contributed by atoms with E-state index in [1.54, 1.807) is 6.20 Å². The van der Waals surface area contributed by atoms with Gasteiger partial charge in [0.15, 0.2) is 0 Å². The van der Waals surface area contributed by atoms with Crippen LogP contribution in [0.2, 0.25) is 0 Å². The zero-order chi connectivity index (χ0) is 12.3. The maximum atomic E-state index is 12.0. The molecule has 2 heterocycles. The molecule has 1 atom stereocenters. The first kappa shape index (κ1) is 12.9. The van der Waals surface area contributed by atoms with E-state index in [9.17, 15) is 8.42 Å². The Morgan fingerprint density at radius 2 is 2.29 bits per heavy atom. The van der Waals surface area contributed by atoms with Crippen molar-refractivity contribution in [3.8, 4) is 0 Å². The van der Waals surface area contributed by atoms with Crippen LogP contribution in [-0.2, 0) is 14.8 Å². The zero-order valence-corrected chi connectivity index (χ0v) is 11.5. The minimum absolute atomic E-state index is 0.146. The van der Waals surface area contributed by atoms with E-state index < -0.39 is 10.0 Å². The zero-order valence-electron chi connectivity index (χ0n) is 9.10. The summed E-state index contributed by atoms with van der Waals surface area (Å²) in [6.45, 7) is 1.14. The lowest BCUT2D eigenvalue weighted by molar-refractivity contribution is 0.0774. The maximum absolute atomic E-state index is 12.0. The van der Waals surface area contributed by atoms with Crippen molar-refractivity contribution < 1.29 is 13.2 Å². The van der Waals surface area contributed by atoms with Gasteiger partial charge in [-0.2, -0.15) is 0 Å². The lowest BCUT2D eigenvalue weighted by Gasteiger charge is -2.22.